The summed E-state index contributed by atoms with van der Waals surface area (Å²) in [6.07, 6.45) is 1.60. The number of aromatic nitrogens is 3. The predicted molar refractivity (Wildman–Crippen MR) is 117 cm³/mol. The lowest BCUT2D eigenvalue weighted by Crippen LogP contribution is -2.43. The summed E-state index contributed by atoms with van der Waals surface area (Å²) < 4.78 is 7.78. The minimum absolute atomic E-state index is 0.0259. The first kappa shape index (κ1) is 18.3. The zero-order valence-electron chi connectivity index (χ0n) is 16.1. The van der Waals surface area contributed by atoms with E-state index in [1.54, 1.807) is 30.1 Å². The Morgan fingerprint density at radius 1 is 1.19 bits per heavy atom. The van der Waals surface area contributed by atoms with Crippen LogP contribution in [0.1, 0.15) is 17.5 Å². The SMILES string of the molecule is COc1ccc2nc(-n3ncc4c3NC(=O)C[C@@]43C(=O)Nc4c(Cl)cccc43)sc2c1. The molecule has 2 N–H and O–H groups in total. The first-order valence-corrected chi connectivity index (χ1v) is 10.6. The van der Waals surface area contributed by atoms with E-state index in [0.717, 1.165) is 16.0 Å². The summed E-state index contributed by atoms with van der Waals surface area (Å²) in [6, 6.07) is 10.9. The first-order valence-electron chi connectivity index (χ1n) is 9.45. The summed E-state index contributed by atoms with van der Waals surface area (Å²) in [5.74, 6) is 0.596. The summed E-state index contributed by atoms with van der Waals surface area (Å²) >= 11 is 7.73. The number of hydrogen-bond acceptors (Lipinski definition) is 6. The molecule has 1 atom stereocenters. The third kappa shape index (κ3) is 2.41. The number of ether oxygens (including phenoxy) is 1. The standard InChI is InChI=1S/C21H14ClN5O3S/c1-30-10-5-6-14-15(7-10)31-20(24-14)27-18-12(9-23-27)21(8-16(28)25-18)11-3-2-4-13(22)17(11)26-19(21)29/h2-7,9H,8H2,1H3,(H,25,28)(H,26,29)/t21-/m0/s1. The smallest absolute Gasteiger partial charge is 0.240 e. The van der Waals surface area contributed by atoms with Crippen LogP contribution in [-0.4, -0.2) is 33.7 Å². The number of methoxy groups -OCH3 is 1. The van der Waals surface area contributed by atoms with Crippen LogP contribution in [0, 0.1) is 0 Å². The maximum Gasteiger partial charge on any atom is 0.240 e. The second-order valence-electron chi connectivity index (χ2n) is 7.40. The summed E-state index contributed by atoms with van der Waals surface area (Å²) in [7, 11) is 1.61. The van der Waals surface area contributed by atoms with E-state index in [0.29, 0.717) is 32.8 Å². The molecule has 0 saturated heterocycles. The topological polar surface area (TPSA) is 98.1 Å². The molecule has 10 heteroatoms. The molecule has 31 heavy (non-hydrogen) atoms. The zero-order chi connectivity index (χ0) is 21.3. The highest BCUT2D eigenvalue weighted by Crippen LogP contribution is 2.51. The van der Waals surface area contributed by atoms with Crippen molar-refractivity contribution in [3.63, 3.8) is 0 Å². The zero-order valence-corrected chi connectivity index (χ0v) is 17.7. The van der Waals surface area contributed by atoms with Gasteiger partial charge in [0.05, 0.1) is 34.2 Å². The number of amides is 2. The number of thiazole rings is 1. The molecule has 2 aromatic carbocycles. The van der Waals surface area contributed by atoms with E-state index >= 15 is 0 Å². The van der Waals surface area contributed by atoms with Gasteiger partial charge in [-0.05, 0) is 29.8 Å². The lowest BCUT2D eigenvalue weighted by molar-refractivity contribution is -0.125. The van der Waals surface area contributed by atoms with Crippen molar-refractivity contribution in [3.05, 3.63) is 58.7 Å². The van der Waals surface area contributed by atoms with Crippen molar-refractivity contribution in [2.45, 2.75) is 11.8 Å². The van der Waals surface area contributed by atoms with Gasteiger partial charge in [0, 0.05) is 12.0 Å². The van der Waals surface area contributed by atoms with Crippen LogP contribution in [0.5, 0.6) is 5.75 Å². The highest BCUT2D eigenvalue weighted by molar-refractivity contribution is 7.20. The van der Waals surface area contributed by atoms with Gasteiger partial charge in [-0.1, -0.05) is 35.1 Å². The molecule has 0 bridgehead atoms. The third-order valence-corrected chi connectivity index (χ3v) is 7.09. The molecular weight excluding hydrogens is 438 g/mol. The fourth-order valence-electron chi connectivity index (χ4n) is 4.34. The molecule has 0 fully saturated rings. The number of carbonyl (C=O) groups is 2. The largest absolute Gasteiger partial charge is 0.497 e. The molecule has 0 radical (unpaired) electrons. The molecule has 2 aliphatic heterocycles. The Morgan fingerprint density at radius 2 is 2.06 bits per heavy atom. The molecule has 0 saturated carbocycles. The summed E-state index contributed by atoms with van der Waals surface area (Å²) in [5, 5.41) is 11.2. The molecule has 8 nitrogen and oxygen atoms in total. The van der Waals surface area contributed by atoms with Crippen molar-refractivity contribution >= 4 is 56.5 Å². The molecule has 2 aliphatic rings. The van der Waals surface area contributed by atoms with Crippen LogP contribution in [0.2, 0.25) is 5.02 Å². The lowest BCUT2D eigenvalue weighted by Gasteiger charge is -2.31. The van der Waals surface area contributed by atoms with Gasteiger partial charge < -0.3 is 15.4 Å². The van der Waals surface area contributed by atoms with Crippen molar-refractivity contribution in [2.24, 2.45) is 0 Å². The van der Waals surface area contributed by atoms with E-state index in [2.05, 4.69) is 20.7 Å². The van der Waals surface area contributed by atoms with Gasteiger partial charge >= 0.3 is 0 Å². The quantitative estimate of drug-likeness (QED) is 0.484. The molecular formula is C21H14ClN5O3S. The van der Waals surface area contributed by atoms with Crippen molar-refractivity contribution in [1.29, 1.82) is 0 Å². The molecule has 2 amide bonds. The molecule has 0 aliphatic carbocycles. The van der Waals surface area contributed by atoms with Crippen LogP contribution in [0.25, 0.3) is 15.3 Å². The van der Waals surface area contributed by atoms with Gasteiger partial charge in [-0.2, -0.15) is 9.78 Å². The fourth-order valence-corrected chi connectivity index (χ4v) is 5.52. The van der Waals surface area contributed by atoms with E-state index in [1.807, 2.05) is 24.3 Å². The Bertz CT molecular complexity index is 1430. The Hall–Kier alpha value is -3.43. The molecule has 4 aromatic rings. The number of fused-ring (bicyclic) bond motifs is 5. The van der Waals surface area contributed by atoms with Gasteiger partial charge in [0.15, 0.2) is 0 Å². The van der Waals surface area contributed by atoms with Gasteiger partial charge in [-0.15, -0.1) is 0 Å². The number of carbonyl (C=O) groups excluding carboxylic acids is 2. The maximum absolute atomic E-state index is 13.2. The maximum atomic E-state index is 13.2. The van der Waals surface area contributed by atoms with E-state index in [4.69, 9.17) is 16.3 Å². The minimum atomic E-state index is -1.18. The van der Waals surface area contributed by atoms with Crippen molar-refractivity contribution < 1.29 is 14.3 Å². The number of nitrogens with one attached hydrogen (secondary N) is 2. The number of anilines is 2. The molecule has 0 unspecified atom stereocenters. The lowest BCUT2D eigenvalue weighted by atomic mass is 9.72. The number of para-hydroxylation sites is 1. The second kappa shape index (κ2) is 6.29. The van der Waals surface area contributed by atoms with Gasteiger partial charge in [0.1, 0.15) is 17.0 Å². The van der Waals surface area contributed by atoms with E-state index < -0.39 is 5.41 Å². The molecule has 2 aromatic heterocycles. The van der Waals surface area contributed by atoms with Crippen molar-refractivity contribution in [3.8, 4) is 10.9 Å². The number of hydrogen-bond donors (Lipinski definition) is 2. The average Bonchev–Trinajstić information content (AvgIpc) is 3.43. The van der Waals surface area contributed by atoms with Crippen molar-refractivity contribution in [2.75, 3.05) is 17.7 Å². The van der Waals surface area contributed by atoms with E-state index in [-0.39, 0.29) is 18.2 Å². The normalized spacial score (nSPS) is 19.3. The Labute approximate surface area is 184 Å². The van der Waals surface area contributed by atoms with Gasteiger partial charge in [-0.3, -0.25) is 9.59 Å². The van der Waals surface area contributed by atoms with Crippen molar-refractivity contribution in [1.82, 2.24) is 14.8 Å². The second-order valence-corrected chi connectivity index (χ2v) is 8.81. The minimum Gasteiger partial charge on any atom is -0.497 e. The van der Waals surface area contributed by atoms with Crippen LogP contribution in [0.4, 0.5) is 11.5 Å². The van der Waals surface area contributed by atoms with Crippen LogP contribution >= 0.6 is 22.9 Å². The number of rotatable bonds is 2. The Kier molecular flexibility index (Phi) is 3.72. The Morgan fingerprint density at radius 3 is 2.90 bits per heavy atom. The molecule has 4 heterocycles. The predicted octanol–water partition coefficient (Wildman–Crippen LogP) is 3.72. The number of nitrogens with zero attached hydrogens (tertiary/aromatic N) is 3. The summed E-state index contributed by atoms with van der Waals surface area (Å²) in [5.41, 5.74) is 1.43. The fraction of sp³-hybridized carbons (Fsp3) is 0.143. The van der Waals surface area contributed by atoms with Crippen LogP contribution < -0.4 is 15.4 Å². The molecule has 1 spiro atoms. The molecule has 154 valence electrons. The average molecular weight is 452 g/mol. The first-order chi connectivity index (χ1) is 15.0. The van der Waals surface area contributed by atoms with Gasteiger partial charge in [-0.25, -0.2) is 4.98 Å². The monoisotopic (exact) mass is 451 g/mol. The van der Waals surface area contributed by atoms with Gasteiger partial charge in [0.2, 0.25) is 16.9 Å². The highest BCUT2D eigenvalue weighted by Gasteiger charge is 2.54. The van der Waals surface area contributed by atoms with Crippen LogP contribution in [-0.2, 0) is 15.0 Å². The Balaban J connectivity index is 1.56. The molecule has 6 rings (SSSR count). The number of benzene rings is 2. The van der Waals surface area contributed by atoms with Gasteiger partial charge in [0.25, 0.3) is 0 Å². The van der Waals surface area contributed by atoms with E-state index in [9.17, 15) is 9.59 Å². The summed E-state index contributed by atoms with van der Waals surface area (Å²) in [4.78, 5) is 30.6. The third-order valence-electron chi connectivity index (χ3n) is 5.78. The van der Waals surface area contributed by atoms with Crippen LogP contribution in [0.15, 0.2) is 42.6 Å². The summed E-state index contributed by atoms with van der Waals surface area (Å²) in [6.45, 7) is 0. The number of halogens is 1. The van der Waals surface area contributed by atoms with Crippen LogP contribution in [0.3, 0.4) is 0 Å². The highest BCUT2D eigenvalue weighted by atomic mass is 35.5. The van der Waals surface area contributed by atoms with E-state index in [1.165, 1.54) is 11.3 Å².